The van der Waals surface area contributed by atoms with Gasteiger partial charge in [-0.1, -0.05) is 153 Å². The monoisotopic (exact) mass is 988 g/mol. The highest BCUT2D eigenvalue weighted by molar-refractivity contribution is 6.16. The number of para-hydroxylation sites is 2. The number of hydrogen-bond donors (Lipinski definition) is 0. The van der Waals surface area contributed by atoms with E-state index in [2.05, 4.69) is 256 Å². The number of anilines is 4. The van der Waals surface area contributed by atoms with E-state index in [4.69, 9.17) is 23.1 Å². The van der Waals surface area contributed by atoms with Gasteiger partial charge in [-0.05, 0) is 128 Å². The number of hydrogen-bond acceptors (Lipinski definition) is 4. The third kappa shape index (κ3) is 7.80. The van der Waals surface area contributed by atoms with Crippen molar-refractivity contribution in [3.05, 3.63) is 279 Å². The van der Waals surface area contributed by atoms with Crippen molar-refractivity contribution in [2.24, 2.45) is 0 Å². The number of pyridine rings is 2. The SMILES string of the molecule is C=C1/C=C\C=C/N(c2cccc(-c3cccc(C)n3)c2)c2ccc3c4ccccc4n(-c4cccc(N5/C=C\CCC(=C)c6c5ccc5c7ccccc7n(-c7cccc(-c8cccc(-c9ccccc9)n8)c7)c65)c4)c3c21. The average Bonchev–Trinajstić information content (AvgIpc) is 4.19. The van der Waals surface area contributed by atoms with Crippen LogP contribution in [0.5, 0.6) is 0 Å². The van der Waals surface area contributed by atoms with E-state index in [0.717, 1.165) is 136 Å². The first-order valence-electron chi connectivity index (χ1n) is 26.3. The highest BCUT2D eigenvalue weighted by Crippen LogP contribution is 2.47. The Hall–Kier alpha value is -10.0. The summed E-state index contributed by atoms with van der Waals surface area (Å²) in [5.74, 6) is 0. The Kier molecular flexibility index (Phi) is 11.1. The van der Waals surface area contributed by atoms with E-state index >= 15 is 0 Å². The highest BCUT2D eigenvalue weighted by atomic mass is 15.1. The van der Waals surface area contributed by atoms with Crippen LogP contribution in [0.3, 0.4) is 0 Å². The predicted molar refractivity (Wildman–Crippen MR) is 324 cm³/mol. The van der Waals surface area contributed by atoms with Crippen LogP contribution in [0, 0.1) is 6.92 Å². The van der Waals surface area contributed by atoms with E-state index in [1.165, 1.54) is 16.2 Å². The van der Waals surface area contributed by atoms with Gasteiger partial charge >= 0.3 is 0 Å². The summed E-state index contributed by atoms with van der Waals surface area (Å²) in [5.41, 5.74) is 22.0. The lowest BCUT2D eigenvalue weighted by Gasteiger charge is -2.28. The van der Waals surface area contributed by atoms with E-state index in [-0.39, 0.29) is 0 Å². The van der Waals surface area contributed by atoms with Gasteiger partial charge in [-0.25, -0.2) is 4.98 Å². The minimum Gasteiger partial charge on any atom is -0.317 e. The van der Waals surface area contributed by atoms with Crippen LogP contribution in [-0.4, -0.2) is 19.1 Å². The van der Waals surface area contributed by atoms with Crippen molar-refractivity contribution in [3.63, 3.8) is 0 Å². The van der Waals surface area contributed by atoms with Gasteiger partial charge in [-0.3, -0.25) is 4.98 Å². The molecule has 0 spiro atoms. The molecule has 4 aromatic heterocycles. The van der Waals surface area contributed by atoms with Crippen LogP contribution in [0.1, 0.15) is 29.7 Å². The van der Waals surface area contributed by atoms with E-state index < -0.39 is 0 Å². The van der Waals surface area contributed by atoms with Crippen LogP contribution in [0.2, 0.25) is 0 Å². The first-order valence-corrected chi connectivity index (χ1v) is 26.3. The van der Waals surface area contributed by atoms with Crippen LogP contribution < -0.4 is 9.80 Å². The van der Waals surface area contributed by atoms with E-state index in [9.17, 15) is 0 Å². The smallest absolute Gasteiger partial charge is 0.0710 e. The molecular weight excluding hydrogens is 937 g/mol. The minimum absolute atomic E-state index is 0.832. The Morgan fingerprint density at radius 3 is 1.64 bits per heavy atom. The van der Waals surface area contributed by atoms with Gasteiger partial charge in [0, 0.05) is 90.2 Å². The summed E-state index contributed by atoms with van der Waals surface area (Å²) in [4.78, 5) is 14.7. The molecule has 0 N–H and O–H groups in total. The molecule has 0 amide bonds. The number of fused-ring (bicyclic) bond motifs is 10. The standard InChI is InChI=1S/C71H52N6/c1-47-20-11-13-42-74(53-27-16-25-51(44-53)62-33-15-22-49(3)72-62)66-40-38-60-58-32-8-10-37-65(58)77(71(60)68(47)66)56-30-18-28-54(46-56)75-43-14-12-21-48(2)69-67(75)41-39-59-57-31-7-9-36-64(57)76(70(59)69)55-29-17-26-52(45-55)63-35-19-34-61(73-63)50-23-5-4-6-24-50/h4-11,13-20,22-46H,1-2,12,21H2,3H3/b20-11-,42-13-,43-14-. The number of allylic oxidation sites excluding steroid dienone is 6. The van der Waals surface area contributed by atoms with Crippen molar-refractivity contribution in [1.82, 2.24) is 19.1 Å². The van der Waals surface area contributed by atoms with Crippen molar-refractivity contribution in [2.45, 2.75) is 19.8 Å². The molecule has 0 saturated heterocycles. The van der Waals surface area contributed by atoms with Crippen LogP contribution >= 0.6 is 0 Å². The highest BCUT2D eigenvalue weighted by Gasteiger charge is 2.27. The lowest BCUT2D eigenvalue weighted by Crippen LogP contribution is -2.14. The first kappa shape index (κ1) is 45.6. The zero-order valence-electron chi connectivity index (χ0n) is 42.7. The Balaban J connectivity index is 0.935. The van der Waals surface area contributed by atoms with E-state index in [1.807, 2.05) is 19.1 Å². The Bertz CT molecular complexity index is 4470. The second-order valence-corrected chi connectivity index (χ2v) is 20.0. The first-order chi connectivity index (χ1) is 37.9. The van der Waals surface area contributed by atoms with Crippen molar-refractivity contribution < 1.29 is 0 Å². The molecule has 2 aliphatic heterocycles. The summed E-state index contributed by atoms with van der Waals surface area (Å²) >= 11 is 0. The van der Waals surface area contributed by atoms with Gasteiger partial charge in [0.25, 0.3) is 0 Å². The zero-order valence-corrected chi connectivity index (χ0v) is 42.7. The number of nitrogens with zero attached hydrogens (tertiary/aromatic N) is 6. The Morgan fingerprint density at radius 2 is 0.935 bits per heavy atom. The maximum Gasteiger partial charge on any atom is 0.0710 e. The lowest BCUT2D eigenvalue weighted by atomic mass is 9.95. The fraction of sp³-hybridized carbons (Fsp3) is 0.0423. The van der Waals surface area contributed by atoms with Crippen LogP contribution in [0.15, 0.2) is 262 Å². The van der Waals surface area contributed by atoms with Crippen molar-refractivity contribution in [3.8, 4) is 45.1 Å². The normalized spacial score (nSPS) is 14.8. The minimum atomic E-state index is 0.832. The van der Waals surface area contributed by atoms with Gasteiger partial charge in [-0.2, -0.15) is 0 Å². The summed E-state index contributed by atoms with van der Waals surface area (Å²) in [6, 6.07) is 76.0. The topological polar surface area (TPSA) is 42.1 Å². The molecule has 12 aromatic rings. The summed E-state index contributed by atoms with van der Waals surface area (Å²) in [6.07, 6.45) is 14.7. The predicted octanol–water partition coefficient (Wildman–Crippen LogP) is 18.7. The molecule has 0 saturated carbocycles. The van der Waals surface area contributed by atoms with Crippen molar-refractivity contribution >= 4 is 77.5 Å². The lowest BCUT2D eigenvalue weighted by molar-refractivity contribution is 1.04. The molecule has 366 valence electrons. The molecule has 2 aliphatic rings. The summed E-state index contributed by atoms with van der Waals surface area (Å²) < 4.78 is 4.88. The third-order valence-electron chi connectivity index (χ3n) is 15.2. The quantitative estimate of drug-likeness (QED) is 0.160. The number of rotatable bonds is 7. The number of benzene rings is 8. The number of aromatic nitrogens is 4. The van der Waals surface area contributed by atoms with Gasteiger partial charge in [0.15, 0.2) is 0 Å². The fourth-order valence-corrected chi connectivity index (χ4v) is 11.7. The second-order valence-electron chi connectivity index (χ2n) is 20.0. The van der Waals surface area contributed by atoms with Gasteiger partial charge in [0.2, 0.25) is 0 Å². The number of aryl methyl sites for hydroxylation is 1. The molecule has 77 heavy (non-hydrogen) atoms. The fourth-order valence-electron chi connectivity index (χ4n) is 11.7. The summed E-state index contributed by atoms with van der Waals surface area (Å²) in [7, 11) is 0. The Labute approximate surface area is 448 Å². The average molecular weight is 989 g/mol. The van der Waals surface area contributed by atoms with Gasteiger partial charge in [0.1, 0.15) is 0 Å². The van der Waals surface area contributed by atoms with Gasteiger partial charge in [-0.15, -0.1) is 0 Å². The molecule has 0 fully saturated rings. The molecule has 14 rings (SSSR count). The summed E-state index contributed by atoms with van der Waals surface area (Å²) in [5, 5.41) is 4.72. The molecule has 0 atom stereocenters. The maximum absolute atomic E-state index is 5.18. The van der Waals surface area contributed by atoms with Gasteiger partial charge < -0.3 is 18.9 Å². The second kappa shape index (κ2) is 18.7. The Morgan fingerprint density at radius 1 is 0.416 bits per heavy atom. The van der Waals surface area contributed by atoms with Gasteiger partial charge in [0.05, 0.1) is 50.5 Å². The molecule has 0 bridgehead atoms. The maximum atomic E-state index is 5.18. The van der Waals surface area contributed by atoms with Crippen LogP contribution in [0.25, 0.3) is 99.9 Å². The molecule has 6 heteroatoms. The molecule has 0 aliphatic carbocycles. The molecule has 6 heterocycles. The van der Waals surface area contributed by atoms with Crippen molar-refractivity contribution in [1.29, 1.82) is 0 Å². The molecular formula is C71H52N6. The summed E-state index contributed by atoms with van der Waals surface area (Å²) in [6.45, 7) is 11.7. The van der Waals surface area contributed by atoms with Crippen molar-refractivity contribution in [2.75, 3.05) is 9.80 Å². The largest absolute Gasteiger partial charge is 0.317 e. The van der Waals surface area contributed by atoms with Crippen LogP contribution in [0.4, 0.5) is 22.7 Å². The molecule has 0 unspecified atom stereocenters. The zero-order chi connectivity index (χ0) is 51.6. The molecule has 8 aromatic carbocycles. The molecule has 0 radical (unpaired) electrons. The molecule has 6 nitrogen and oxygen atoms in total. The van der Waals surface area contributed by atoms with Crippen LogP contribution in [-0.2, 0) is 0 Å². The van der Waals surface area contributed by atoms with E-state index in [0.29, 0.717) is 0 Å². The third-order valence-corrected chi connectivity index (χ3v) is 15.2. The van der Waals surface area contributed by atoms with E-state index in [1.54, 1.807) is 0 Å².